The third-order valence-electron chi connectivity index (χ3n) is 5.50. The number of carbonyl (C=O) groups excluding carboxylic acids is 2. The largest absolute Gasteiger partial charge is 0.342 e. The SMILES string of the molecule is O=C1CC(C(=O)N2CCN(c3ncccn3)CC2)CN1CCc1ccccc1. The zero-order chi connectivity index (χ0) is 19.3. The van der Waals surface area contributed by atoms with Gasteiger partial charge >= 0.3 is 0 Å². The second kappa shape index (κ2) is 8.37. The molecule has 2 aliphatic rings. The van der Waals surface area contributed by atoms with E-state index in [4.69, 9.17) is 0 Å². The predicted octanol–water partition coefficient (Wildman–Crippen LogP) is 1.22. The molecule has 28 heavy (non-hydrogen) atoms. The van der Waals surface area contributed by atoms with Crippen LogP contribution in [0.25, 0.3) is 0 Å². The molecule has 0 bridgehead atoms. The summed E-state index contributed by atoms with van der Waals surface area (Å²) in [7, 11) is 0. The van der Waals surface area contributed by atoms with Crippen molar-refractivity contribution in [2.45, 2.75) is 12.8 Å². The Bertz CT molecular complexity index is 806. The van der Waals surface area contributed by atoms with Crippen molar-refractivity contribution in [3.05, 3.63) is 54.4 Å². The highest BCUT2D eigenvalue weighted by molar-refractivity contribution is 5.89. The van der Waals surface area contributed by atoms with E-state index in [1.54, 1.807) is 18.5 Å². The first kappa shape index (κ1) is 18.4. The number of likely N-dealkylation sites (tertiary alicyclic amines) is 1. The third-order valence-corrected chi connectivity index (χ3v) is 5.50. The summed E-state index contributed by atoms with van der Waals surface area (Å²) >= 11 is 0. The summed E-state index contributed by atoms with van der Waals surface area (Å²) in [4.78, 5) is 39.6. The molecule has 2 amide bonds. The van der Waals surface area contributed by atoms with E-state index in [-0.39, 0.29) is 17.7 Å². The Hall–Kier alpha value is -2.96. The van der Waals surface area contributed by atoms with E-state index in [2.05, 4.69) is 27.0 Å². The Morgan fingerprint density at radius 1 is 1.00 bits per heavy atom. The van der Waals surface area contributed by atoms with Crippen LogP contribution in [0.3, 0.4) is 0 Å². The molecule has 0 saturated carbocycles. The zero-order valence-electron chi connectivity index (χ0n) is 15.9. The van der Waals surface area contributed by atoms with Crippen molar-refractivity contribution in [3.8, 4) is 0 Å². The normalized spacial score (nSPS) is 19.9. The summed E-state index contributed by atoms with van der Waals surface area (Å²) in [6.45, 7) is 3.93. The number of anilines is 1. The van der Waals surface area contributed by atoms with Crippen LogP contribution in [0.5, 0.6) is 0 Å². The summed E-state index contributed by atoms with van der Waals surface area (Å²) in [6.07, 6.45) is 4.61. The molecule has 1 aromatic carbocycles. The molecule has 7 heteroatoms. The molecule has 146 valence electrons. The molecule has 0 radical (unpaired) electrons. The van der Waals surface area contributed by atoms with Crippen molar-refractivity contribution >= 4 is 17.8 Å². The summed E-state index contributed by atoms with van der Waals surface area (Å²) in [5.74, 6) is 0.676. The van der Waals surface area contributed by atoms with E-state index < -0.39 is 0 Å². The second-order valence-corrected chi connectivity index (χ2v) is 7.34. The Morgan fingerprint density at radius 3 is 2.43 bits per heavy atom. The lowest BCUT2D eigenvalue weighted by atomic mass is 10.1. The average molecular weight is 379 g/mol. The van der Waals surface area contributed by atoms with Crippen molar-refractivity contribution in [1.82, 2.24) is 19.8 Å². The van der Waals surface area contributed by atoms with Gasteiger partial charge in [-0.3, -0.25) is 9.59 Å². The zero-order valence-corrected chi connectivity index (χ0v) is 15.9. The summed E-state index contributed by atoms with van der Waals surface area (Å²) < 4.78 is 0. The summed E-state index contributed by atoms with van der Waals surface area (Å²) in [6, 6.07) is 11.9. The van der Waals surface area contributed by atoms with Crippen molar-refractivity contribution in [2.24, 2.45) is 5.92 Å². The first-order chi connectivity index (χ1) is 13.7. The monoisotopic (exact) mass is 379 g/mol. The molecule has 0 N–H and O–H groups in total. The third kappa shape index (κ3) is 4.13. The van der Waals surface area contributed by atoms with Gasteiger partial charge in [-0.05, 0) is 18.1 Å². The fourth-order valence-electron chi connectivity index (χ4n) is 3.90. The fourth-order valence-corrected chi connectivity index (χ4v) is 3.90. The van der Waals surface area contributed by atoms with Crippen LogP contribution in [-0.2, 0) is 16.0 Å². The van der Waals surface area contributed by atoms with Crippen LogP contribution >= 0.6 is 0 Å². The van der Waals surface area contributed by atoms with Gasteiger partial charge in [-0.25, -0.2) is 9.97 Å². The van der Waals surface area contributed by atoms with Gasteiger partial charge in [0.1, 0.15) is 0 Å². The molecule has 3 heterocycles. The first-order valence-corrected chi connectivity index (χ1v) is 9.83. The molecule has 4 rings (SSSR count). The molecule has 1 aromatic heterocycles. The van der Waals surface area contributed by atoms with Crippen molar-refractivity contribution < 1.29 is 9.59 Å². The molecular formula is C21H25N5O2. The molecule has 7 nitrogen and oxygen atoms in total. The number of hydrogen-bond donors (Lipinski definition) is 0. The topological polar surface area (TPSA) is 69.6 Å². The number of rotatable bonds is 5. The summed E-state index contributed by atoms with van der Waals surface area (Å²) in [5.41, 5.74) is 1.21. The van der Waals surface area contributed by atoms with Gasteiger partial charge in [0, 0.05) is 58.1 Å². The van der Waals surface area contributed by atoms with Crippen LogP contribution in [-0.4, -0.2) is 70.9 Å². The number of nitrogens with zero attached hydrogens (tertiary/aromatic N) is 5. The molecule has 2 aromatic rings. The van der Waals surface area contributed by atoms with E-state index >= 15 is 0 Å². The minimum atomic E-state index is -0.220. The minimum Gasteiger partial charge on any atom is -0.342 e. The van der Waals surface area contributed by atoms with Gasteiger partial charge in [-0.2, -0.15) is 0 Å². The molecule has 0 spiro atoms. The maximum absolute atomic E-state index is 12.9. The molecular weight excluding hydrogens is 354 g/mol. The fraction of sp³-hybridized carbons (Fsp3) is 0.429. The van der Waals surface area contributed by atoms with Crippen LogP contribution in [0.15, 0.2) is 48.8 Å². The lowest BCUT2D eigenvalue weighted by molar-refractivity contribution is -0.136. The maximum Gasteiger partial charge on any atom is 0.228 e. The number of amides is 2. The van der Waals surface area contributed by atoms with Crippen LogP contribution in [0.4, 0.5) is 5.95 Å². The Kier molecular flexibility index (Phi) is 5.50. The molecule has 1 unspecified atom stereocenters. The average Bonchev–Trinajstić information content (AvgIpc) is 3.14. The quantitative estimate of drug-likeness (QED) is 0.781. The second-order valence-electron chi connectivity index (χ2n) is 7.34. The molecule has 2 fully saturated rings. The lowest BCUT2D eigenvalue weighted by Gasteiger charge is -2.35. The lowest BCUT2D eigenvalue weighted by Crippen LogP contribution is -2.51. The van der Waals surface area contributed by atoms with Crippen molar-refractivity contribution in [2.75, 3.05) is 44.2 Å². The smallest absolute Gasteiger partial charge is 0.228 e. The van der Waals surface area contributed by atoms with Crippen LogP contribution in [0.1, 0.15) is 12.0 Å². The standard InChI is InChI=1S/C21H25N5O2/c27-19-15-18(16-26(19)10-7-17-5-2-1-3-6-17)20(28)24-11-13-25(14-12-24)21-22-8-4-9-23-21/h1-6,8-9,18H,7,10-16H2. The van der Waals surface area contributed by atoms with E-state index in [1.165, 1.54) is 5.56 Å². The van der Waals surface area contributed by atoms with E-state index in [0.717, 1.165) is 6.42 Å². The number of aromatic nitrogens is 2. The van der Waals surface area contributed by atoms with Gasteiger partial charge in [0.25, 0.3) is 0 Å². The van der Waals surface area contributed by atoms with E-state index in [1.807, 2.05) is 28.0 Å². The van der Waals surface area contributed by atoms with Gasteiger partial charge < -0.3 is 14.7 Å². The predicted molar refractivity (Wildman–Crippen MR) is 106 cm³/mol. The van der Waals surface area contributed by atoms with Crippen molar-refractivity contribution in [3.63, 3.8) is 0 Å². The van der Waals surface area contributed by atoms with Gasteiger partial charge in [0.2, 0.25) is 17.8 Å². The van der Waals surface area contributed by atoms with Crippen LogP contribution in [0, 0.1) is 5.92 Å². The molecule has 2 saturated heterocycles. The highest BCUT2D eigenvalue weighted by Crippen LogP contribution is 2.22. The van der Waals surface area contributed by atoms with Gasteiger partial charge in [-0.15, -0.1) is 0 Å². The Balaban J connectivity index is 1.28. The molecule has 0 aliphatic carbocycles. The van der Waals surface area contributed by atoms with Crippen molar-refractivity contribution in [1.29, 1.82) is 0 Å². The van der Waals surface area contributed by atoms with Gasteiger partial charge in [0.15, 0.2) is 0 Å². The molecule has 2 aliphatic heterocycles. The minimum absolute atomic E-state index is 0.0885. The Labute approximate surface area is 165 Å². The van der Waals surface area contributed by atoms with Gasteiger partial charge in [-0.1, -0.05) is 30.3 Å². The van der Waals surface area contributed by atoms with E-state index in [0.29, 0.717) is 51.6 Å². The highest BCUT2D eigenvalue weighted by Gasteiger charge is 2.37. The first-order valence-electron chi connectivity index (χ1n) is 9.83. The van der Waals surface area contributed by atoms with Crippen LogP contribution in [0.2, 0.25) is 0 Å². The number of carbonyl (C=O) groups is 2. The highest BCUT2D eigenvalue weighted by atomic mass is 16.2. The maximum atomic E-state index is 12.9. The van der Waals surface area contributed by atoms with Crippen LogP contribution < -0.4 is 4.90 Å². The number of piperazine rings is 1. The van der Waals surface area contributed by atoms with Gasteiger partial charge in [0.05, 0.1) is 5.92 Å². The Morgan fingerprint density at radius 2 is 1.71 bits per heavy atom. The molecule has 1 atom stereocenters. The van der Waals surface area contributed by atoms with E-state index in [9.17, 15) is 9.59 Å². The number of hydrogen-bond acceptors (Lipinski definition) is 5. The summed E-state index contributed by atoms with van der Waals surface area (Å²) in [5, 5.41) is 0. The number of benzene rings is 1.